The molecule has 1 amide bonds. The Morgan fingerprint density at radius 3 is 2.62 bits per heavy atom. The van der Waals surface area contributed by atoms with Gasteiger partial charge in [-0.05, 0) is 28.1 Å². The average Bonchev–Trinajstić information content (AvgIpc) is 2.45. The molecule has 0 aliphatic rings. The number of carbonyl (C=O) groups excluding carboxylic acids is 1. The Morgan fingerprint density at radius 1 is 1.29 bits per heavy atom. The van der Waals surface area contributed by atoms with Gasteiger partial charge in [-0.2, -0.15) is 13.2 Å². The van der Waals surface area contributed by atoms with Crippen LogP contribution in [0.5, 0.6) is 5.75 Å². The van der Waals surface area contributed by atoms with Gasteiger partial charge in [-0.3, -0.25) is 10.1 Å². The fourth-order valence-electron chi connectivity index (χ4n) is 1.78. The standard InChI is InChI=1S/C13H9BrClF3N4O2/c1-24-11-6(14)3-2-4-7(11)19-8-5-9(15)21-22-10(8)12(23)20-13(16,17)18/h2-5H,1H3,(H,19,21)(H,20,23). The zero-order valence-electron chi connectivity index (χ0n) is 11.9. The van der Waals surface area contributed by atoms with E-state index in [0.717, 1.165) is 5.32 Å². The monoisotopic (exact) mass is 424 g/mol. The molecule has 0 saturated carbocycles. The molecule has 0 saturated heterocycles. The molecule has 0 radical (unpaired) electrons. The van der Waals surface area contributed by atoms with Gasteiger partial charge in [-0.1, -0.05) is 17.7 Å². The highest BCUT2D eigenvalue weighted by Gasteiger charge is 2.32. The lowest BCUT2D eigenvalue weighted by Gasteiger charge is -2.15. The van der Waals surface area contributed by atoms with E-state index in [1.165, 1.54) is 13.2 Å². The lowest BCUT2D eigenvalue weighted by Crippen LogP contribution is -2.38. The number of anilines is 2. The number of hydrogen-bond acceptors (Lipinski definition) is 5. The Balaban J connectivity index is 2.42. The Morgan fingerprint density at radius 2 is 2.00 bits per heavy atom. The SMILES string of the molecule is COc1c(Br)cccc1Nc1cc(Cl)nnc1C(=O)NC(F)(F)F. The summed E-state index contributed by atoms with van der Waals surface area (Å²) in [5, 5.41) is 10.4. The van der Waals surface area contributed by atoms with Gasteiger partial charge in [0.15, 0.2) is 16.6 Å². The molecule has 0 atom stereocenters. The van der Waals surface area contributed by atoms with Crippen LogP contribution in [-0.4, -0.2) is 29.5 Å². The maximum Gasteiger partial charge on any atom is 0.484 e. The van der Waals surface area contributed by atoms with Crippen molar-refractivity contribution in [1.29, 1.82) is 0 Å². The van der Waals surface area contributed by atoms with E-state index in [1.54, 1.807) is 18.2 Å². The Labute approximate surface area is 147 Å². The van der Waals surface area contributed by atoms with Crippen LogP contribution in [0.1, 0.15) is 10.5 Å². The van der Waals surface area contributed by atoms with Crippen molar-refractivity contribution in [2.24, 2.45) is 0 Å². The van der Waals surface area contributed by atoms with Crippen LogP contribution in [0.4, 0.5) is 24.5 Å². The molecule has 0 aliphatic carbocycles. The van der Waals surface area contributed by atoms with Crippen molar-refractivity contribution >= 4 is 44.8 Å². The zero-order valence-corrected chi connectivity index (χ0v) is 14.3. The quantitative estimate of drug-likeness (QED) is 0.727. The van der Waals surface area contributed by atoms with Crippen LogP contribution in [0.25, 0.3) is 0 Å². The Hall–Kier alpha value is -2.07. The maximum atomic E-state index is 12.3. The van der Waals surface area contributed by atoms with Crippen LogP contribution >= 0.6 is 27.5 Å². The zero-order chi connectivity index (χ0) is 17.9. The molecule has 1 heterocycles. The largest absolute Gasteiger partial charge is 0.493 e. The van der Waals surface area contributed by atoms with Crippen LogP contribution in [0, 0.1) is 0 Å². The summed E-state index contributed by atoms with van der Waals surface area (Å²) in [5.41, 5.74) is -0.246. The molecule has 128 valence electrons. The summed E-state index contributed by atoms with van der Waals surface area (Å²) in [6.07, 6.45) is -4.90. The minimum Gasteiger partial charge on any atom is -0.493 e. The number of para-hydroxylation sites is 1. The number of nitrogens with zero attached hydrogens (tertiary/aromatic N) is 2. The number of carbonyl (C=O) groups is 1. The van der Waals surface area contributed by atoms with Crippen LogP contribution in [0.2, 0.25) is 5.15 Å². The van der Waals surface area contributed by atoms with Crippen LogP contribution in [0.15, 0.2) is 28.7 Å². The van der Waals surface area contributed by atoms with Crippen LogP contribution in [0.3, 0.4) is 0 Å². The van der Waals surface area contributed by atoms with Gasteiger partial charge in [-0.15, -0.1) is 10.2 Å². The van der Waals surface area contributed by atoms with Crippen molar-refractivity contribution in [1.82, 2.24) is 15.5 Å². The second-order valence-electron chi connectivity index (χ2n) is 4.33. The van der Waals surface area contributed by atoms with Gasteiger partial charge in [0.1, 0.15) is 0 Å². The first-order valence-electron chi connectivity index (χ1n) is 6.23. The first-order chi connectivity index (χ1) is 11.2. The summed E-state index contributed by atoms with van der Waals surface area (Å²) < 4.78 is 42.8. The fourth-order valence-corrected chi connectivity index (χ4v) is 2.45. The van der Waals surface area contributed by atoms with E-state index in [9.17, 15) is 18.0 Å². The highest BCUT2D eigenvalue weighted by molar-refractivity contribution is 9.10. The summed E-state index contributed by atoms with van der Waals surface area (Å²) in [6.45, 7) is 0. The predicted molar refractivity (Wildman–Crippen MR) is 84.5 cm³/mol. The maximum absolute atomic E-state index is 12.3. The second kappa shape index (κ2) is 7.22. The number of amides is 1. The van der Waals surface area contributed by atoms with E-state index in [1.807, 2.05) is 0 Å². The van der Waals surface area contributed by atoms with E-state index in [-0.39, 0.29) is 10.8 Å². The summed E-state index contributed by atoms with van der Waals surface area (Å²) in [7, 11) is 1.42. The third-order valence-corrected chi connectivity index (χ3v) is 3.48. The van der Waals surface area contributed by atoms with Crippen molar-refractivity contribution in [2.75, 3.05) is 12.4 Å². The molecule has 0 unspecified atom stereocenters. The molecule has 2 N–H and O–H groups in total. The fraction of sp³-hybridized carbons (Fsp3) is 0.154. The third kappa shape index (κ3) is 4.48. The number of halogens is 5. The summed E-state index contributed by atoms with van der Waals surface area (Å²) in [6, 6.07) is 6.16. The normalized spacial score (nSPS) is 11.1. The topological polar surface area (TPSA) is 76.1 Å². The molecule has 1 aromatic carbocycles. The number of aromatic nitrogens is 2. The molecular weight excluding hydrogens is 417 g/mol. The molecule has 0 fully saturated rings. The van der Waals surface area contributed by atoms with Crippen molar-refractivity contribution in [3.8, 4) is 5.75 Å². The average molecular weight is 426 g/mol. The molecule has 1 aromatic heterocycles. The summed E-state index contributed by atoms with van der Waals surface area (Å²) in [4.78, 5) is 11.7. The smallest absolute Gasteiger partial charge is 0.484 e. The molecule has 2 rings (SSSR count). The van der Waals surface area contributed by atoms with E-state index >= 15 is 0 Å². The molecule has 0 aliphatic heterocycles. The summed E-state index contributed by atoms with van der Waals surface area (Å²) in [5.74, 6) is -1.09. The first-order valence-corrected chi connectivity index (χ1v) is 7.40. The number of alkyl halides is 3. The van der Waals surface area contributed by atoms with Gasteiger partial charge in [0.25, 0.3) is 5.91 Å². The van der Waals surface area contributed by atoms with E-state index < -0.39 is 17.9 Å². The minimum atomic E-state index is -4.90. The highest BCUT2D eigenvalue weighted by Crippen LogP contribution is 2.35. The summed E-state index contributed by atoms with van der Waals surface area (Å²) >= 11 is 8.99. The lowest BCUT2D eigenvalue weighted by molar-refractivity contribution is -0.146. The Kier molecular flexibility index (Phi) is 5.50. The molecule has 0 bridgehead atoms. The van der Waals surface area contributed by atoms with Gasteiger partial charge in [-0.25, -0.2) is 0 Å². The second-order valence-corrected chi connectivity index (χ2v) is 5.57. The minimum absolute atomic E-state index is 0.0619. The number of nitrogens with one attached hydrogen (secondary N) is 2. The van der Waals surface area contributed by atoms with Gasteiger partial charge < -0.3 is 10.1 Å². The van der Waals surface area contributed by atoms with Crippen molar-refractivity contribution in [2.45, 2.75) is 6.30 Å². The molecule has 0 spiro atoms. The molecule has 24 heavy (non-hydrogen) atoms. The van der Waals surface area contributed by atoms with Crippen molar-refractivity contribution in [3.05, 3.63) is 39.6 Å². The third-order valence-electron chi connectivity index (χ3n) is 2.67. The number of rotatable bonds is 4. The van der Waals surface area contributed by atoms with Crippen molar-refractivity contribution in [3.63, 3.8) is 0 Å². The van der Waals surface area contributed by atoms with E-state index in [2.05, 4.69) is 31.4 Å². The number of hydrogen-bond donors (Lipinski definition) is 2. The van der Waals surface area contributed by atoms with Gasteiger partial charge in [0, 0.05) is 6.07 Å². The molecule has 2 aromatic rings. The number of benzene rings is 1. The van der Waals surface area contributed by atoms with Crippen LogP contribution in [-0.2, 0) is 0 Å². The number of methoxy groups -OCH3 is 1. The van der Waals surface area contributed by atoms with Gasteiger partial charge >= 0.3 is 6.30 Å². The highest BCUT2D eigenvalue weighted by atomic mass is 79.9. The van der Waals surface area contributed by atoms with E-state index in [0.29, 0.717) is 15.9 Å². The van der Waals surface area contributed by atoms with Crippen molar-refractivity contribution < 1.29 is 22.7 Å². The molecular formula is C13H9BrClF3N4O2. The predicted octanol–water partition coefficient (Wildman–Crippen LogP) is 3.89. The lowest BCUT2D eigenvalue weighted by atomic mass is 10.2. The number of ether oxygens (including phenoxy) is 1. The van der Waals surface area contributed by atoms with Gasteiger partial charge in [0.05, 0.1) is 23.0 Å². The molecule has 11 heteroatoms. The van der Waals surface area contributed by atoms with E-state index in [4.69, 9.17) is 16.3 Å². The first kappa shape index (κ1) is 18.3. The van der Waals surface area contributed by atoms with Crippen LogP contribution < -0.4 is 15.4 Å². The van der Waals surface area contributed by atoms with Gasteiger partial charge in [0.2, 0.25) is 0 Å². The Bertz CT molecular complexity index is 773. The molecule has 6 nitrogen and oxygen atoms in total.